The van der Waals surface area contributed by atoms with Crippen LogP contribution in [0, 0.1) is 0 Å². The van der Waals surface area contributed by atoms with Gasteiger partial charge < -0.3 is 14.4 Å². The molecule has 0 amide bonds. The molecule has 0 saturated carbocycles. The summed E-state index contributed by atoms with van der Waals surface area (Å²) < 4.78 is 39.1. The standard InChI is InChI=1S/C19H24N2O4S/c1-20-11-12-21(17(14-20)15-7-5-4-6-8-15)26(22,23)19-13-16(24-2)9-10-18(19)25-3/h4-10,13,17H,11-12,14H2,1-3H3/t17-/m1/s1. The Morgan fingerprint density at radius 2 is 1.73 bits per heavy atom. The van der Waals surface area contributed by atoms with E-state index in [-0.39, 0.29) is 10.9 Å². The summed E-state index contributed by atoms with van der Waals surface area (Å²) in [7, 11) is 1.24. The highest BCUT2D eigenvalue weighted by molar-refractivity contribution is 7.89. The summed E-state index contributed by atoms with van der Waals surface area (Å²) >= 11 is 0. The van der Waals surface area contributed by atoms with E-state index in [1.165, 1.54) is 20.3 Å². The number of hydrogen-bond donors (Lipinski definition) is 0. The Labute approximate surface area is 155 Å². The van der Waals surface area contributed by atoms with Crippen molar-refractivity contribution in [3.05, 3.63) is 54.1 Å². The molecule has 0 bridgehead atoms. The smallest absolute Gasteiger partial charge is 0.247 e. The molecule has 0 N–H and O–H groups in total. The molecule has 7 heteroatoms. The minimum atomic E-state index is -3.76. The van der Waals surface area contributed by atoms with Gasteiger partial charge in [0.25, 0.3) is 0 Å². The van der Waals surface area contributed by atoms with Crippen LogP contribution in [0.1, 0.15) is 11.6 Å². The third kappa shape index (κ3) is 3.56. The number of ether oxygens (including phenoxy) is 2. The zero-order valence-corrected chi connectivity index (χ0v) is 16.1. The van der Waals surface area contributed by atoms with Gasteiger partial charge in [0.1, 0.15) is 16.4 Å². The summed E-state index contributed by atoms with van der Waals surface area (Å²) in [5.74, 6) is 0.798. The molecule has 0 aliphatic carbocycles. The molecule has 26 heavy (non-hydrogen) atoms. The maximum absolute atomic E-state index is 13.5. The number of benzene rings is 2. The first kappa shape index (κ1) is 18.7. The molecule has 0 unspecified atom stereocenters. The van der Waals surface area contributed by atoms with E-state index in [9.17, 15) is 8.42 Å². The number of nitrogens with zero attached hydrogens (tertiary/aromatic N) is 2. The third-order valence-corrected chi connectivity index (χ3v) is 6.61. The second kappa shape index (κ2) is 7.65. The van der Waals surface area contributed by atoms with Crippen LogP contribution in [0.5, 0.6) is 11.5 Å². The fourth-order valence-electron chi connectivity index (χ4n) is 3.25. The van der Waals surface area contributed by atoms with Crippen LogP contribution in [0.3, 0.4) is 0 Å². The summed E-state index contributed by atoms with van der Waals surface area (Å²) in [4.78, 5) is 2.27. The van der Waals surface area contributed by atoms with Crippen molar-refractivity contribution < 1.29 is 17.9 Å². The van der Waals surface area contributed by atoms with Gasteiger partial charge in [-0.3, -0.25) is 0 Å². The summed E-state index contributed by atoms with van der Waals surface area (Å²) in [6.07, 6.45) is 0. The molecule has 1 fully saturated rings. The molecule has 1 aliphatic heterocycles. The number of likely N-dealkylation sites (N-methyl/N-ethyl adjacent to an activating group) is 1. The lowest BCUT2D eigenvalue weighted by Gasteiger charge is -2.39. The van der Waals surface area contributed by atoms with Gasteiger partial charge in [-0.2, -0.15) is 4.31 Å². The van der Waals surface area contributed by atoms with E-state index in [0.29, 0.717) is 31.1 Å². The van der Waals surface area contributed by atoms with Crippen LogP contribution in [0.15, 0.2) is 53.4 Å². The van der Waals surface area contributed by atoms with E-state index >= 15 is 0 Å². The number of sulfonamides is 1. The van der Waals surface area contributed by atoms with Crippen LogP contribution in [0.2, 0.25) is 0 Å². The Kier molecular flexibility index (Phi) is 5.50. The maximum atomic E-state index is 13.5. The zero-order valence-electron chi connectivity index (χ0n) is 15.3. The van der Waals surface area contributed by atoms with Gasteiger partial charge in [0, 0.05) is 25.7 Å². The van der Waals surface area contributed by atoms with Gasteiger partial charge in [-0.15, -0.1) is 0 Å². The van der Waals surface area contributed by atoms with E-state index in [1.807, 2.05) is 37.4 Å². The molecule has 1 aliphatic rings. The Hall–Kier alpha value is -2.09. The monoisotopic (exact) mass is 376 g/mol. The predicted octanol–water partition coefficient (Wildman–Crippen LogP) is 2.38. The lowest BCUT2D eigenvalue weighted by atomic mass is 10.1. The first-order valence-electron chi connectivity index (χ1n) is 8.44. The van der Waals surface area contributed by atoms with Crippen LogP contribution < -0.4 is 9.47 Å². The quantitative estimate of drug-likeness (QED) is 0.802. The Balaban J connectivity index is 2.07. The Morgan fingerprint density at radius 3 is 2.38 bits per heavy atom. The molecular weight excluding hydrogens is 352 g/mol. The predicted molar refractivity (Wildman–Crippen MR) is 100 cm³/mol. The average Bonchev–Trinajstić information content (AvgIpc) is 2.67. The molecule has 140 valence electrons. The molecule has 1 atom stereocenters. The SMILES string of the molecule is COc1ccc(OC)c(S(=O)(=O)N2CCN(C)C[C@@H]2c2ccccc2)c1. The van der Waals surface area contributed by atoms with Crippen LogP contribution in [-0.4, -0.2) is 58.5 Å². The molecule has 2 aromatic carbocycles. The first-order valence-corrected chi connectivity index (χ1v) is 9.88. The zero-order chi connectivity index (χ0) is 18.7. The van der Waals surface area contributed by atoms with Gasteiger partial charge in [-0.25, -0.2) is 8.42 Å². The van der Waals surface area contributed by atoms with Gasteiger partial charge in [0.2, 0.25) is 10.0 Å². The largest absolute Gasteiger partial charge is 0.497 e. The van der Waals surface area contributed by atoms with Crippen LogP contribution in [0.25, 0.3) is 0 Å². The summed E-state index contributed by atoms with van der Waals surface area (Å²) in [6, 6.07) is 14.3. The van der Waals surface area contributed by atoms with Crippen molar-refractivity contribution in [2.45, 2.75) is 10.9 Å². The van der Waals surface area contributed by atoms with Gasteiger partial charge in [0.15, 0.2) is 0 Å². The van der Waals surface area contributed by atoms with Crippen molar-refractivity contribution in [1.29, 1.82) is 0 Å². The van der Waals surface area contributed by atoms with E-state index in [2.05, 4.69) is 4.90 Å². The lowest BCUT2D eigenvalue weighted by Crippen LogP contribution is -2.49. The van der Waals surface area contributed by atoms with E-state index in [0.717, 1.165) is 5.56 Å². The normalized spacial score (nSPS) is 19.3. The van der Waals surface area contributed by atoms with E-state index < -0.39 is 10.0 Å². The summed E-state index contributed by atoms with van der Waals surface area (Å²) in [5, 5.41) is 0. The Bertz CT molecular complexity index is 855. The van der Waals surface area contributed by atoms with Gasteiger partial charge in [0.05, 0.1) is 20.3 Å². The van der Waals surface area contributed by atoms with Crippen molar-refractivity contribution >= 4 is 10.0 Å². The molecule has 1 saturated heterocycles. The lowest BCUT2D eigenvalue weighted by molar-refractivity contribution is 0.160. The summed E-state index contributed by atoms with van der Waals surface area (Å²) in [6.45, 7) is 1.73. The van der Waals surface area contributed by atoms with E-state index in [1.54, 1.807) is 16.4 Å². The van der Waals surface area contributed by atoms with Gasteiger partial charge in [-0.05, 0) is 24.7 Å². The van der Waals surface area contributed by atoms with Crippen molar-refractivity contribution in [1.82, 2.24) is 9.21 Å². The Morgan fingerprint density at radius 1 is 1.00 bits per heavy atom. The molecule has 6 nitrogen and oxygen atoms in total. The number of rotatable bonds is 5. The van der Waals surface area contributed by atoms with Gasteiger partial charge >= 0.3 is 0 Å². The van der Waals surface area contributed by atoms with E-state index in [4.69, 9.17) is 9.47 Å². The van der Waals surface area contributed by atoms with Crippen LogP contribution >= 0.6 is 0 Å². The minimum Gasteiger partial charge on any atom is -0.497 e. The molecule has 2 aromatic rings. The second-order valence-corrected chi connectivity index (χ2v) is 8.18. The van der Waals surface area contributed by atoms with Crippen LogP contribution in [0.4, 0.5) is 0 Å². The fourth-order valence-corrected chi connectivity index (χ4v) is 5.02. The van der Waals surface area contributed by atoms with Crippen molar-refractivity contribution in [2.24, 2.45) is 0 Å². The number of methoxy groups -OCH3 is 2. The third-order valence-electron chi connectivity index (χ3n) is 4.68. The molecular formula is C19H24N2O4S. The minimum absolute atomic E-state index is 0.129. The first-order chi connectivity index (χ1) is 12.5. The van der Waals surface area contributed by atoms with Crippen LogP contribution in [-0.2, 0) is 10.0 Å². The molecule has 1 heterocycles. The topological polar surface area (TPSA) is 59.1 Å². The van der Waals surface area contributed by atoms with Crippen molar-refractivity contribution in [3.63, 3.8) is 0 Å². The molecule has 0 radical (unpaired) electrons. The maximum Gasteiger partial charge on any atom is 0.247 e. The molecule has 0 spiro atoms. The summed E-state index contributed by atoms with van der Waals surface area (Å²) in [5.41, 5.74) is 0.976. The highest BCUT2D eigenvalue weighted by Gasteiger charge is 2.37. The molecule has 0 aromatic heterocycles. The van der Waals surface area contributed by atoms with Gasteiger partial charge in [-0.1, -0.05) is 30.3 Å². The fraction of sp³-hybridized carbons (Fsp3) is 0.368. The number of hydrogen-bond acceptors (Lipinski definition) is 5. The highest BCUT2D eigenvalue weighted by atomic mass is 32.2. The van der Waals surface area contributed by atoms with Crippen molar-refractivity contribution in [2.75, 3.05) is 40.9 Å². The highest BCUT2D eigenvalue weighted by Crippen LogP contribution is 2.36. The average molecular weight is 376 g/mol. The molecule has 3 rings (SSSR count). The number of piperazine rings is 1. The second-order valence-electron chi connectivity index (χ2n) is 6.32. The van der Waals surface area contributed by atoms with Crippen molar-refractivity contribution in [3.8, 4) is 11.5 Å².